The molecule has 134 valence electrons. The fourth-order valence-electron chi connectivity index (χ4n) is 3.27. The third kappa shape index (κ3) is 6.33. The van der Waals surface area contributed by atoms with Crippen LogP contribution < -0.4 is 10.6 Å². The monoisotopic (exact) mass is 351 g/mol. The molecule has 5 heteroatoms. The average molecular weight is 352 g/mol. The number of rotatable bonds is 6. The number of carbonyl (C=O) groups is 1. The molecule has 1 atom stereocenters. The highest BCUT2D eigenvalue weighted by Crippen LogP contribution is 2.16. The van der Waals surface area contributed by atoms with Crippen LogP contribution in [0.3, 0.4) is 0 Å². The minimum Gasteiger partial charge on any atom is -0.335 e. The number of carbonyl (C=O) groups excluding carboxylic acids is 1. The Labute approximate surface area is 150 Å². The first kappa shape index (κ1) is 19.1. The smallest absolute Gasteiger partial charge is 0.315 e. The largest absolute Gasteiger partial charge is 0.335 e. The van der Waals surface area contributed by atoms with Crippen molar-refractivity contribution < 1.29 is 4.79 Å². The summed E-state index contributed by atoms with van der Waals surface area (Å²) in [7, 11) is 0. The van der Waals surface area contributed by atoms with E-state index in [-0.39, 0.29) is 18.1 Å². The molecule has 1 aromatic rings. The molecule has 1 heterocycles. The van der Waals surface area contributed by atoms with Gasteiger partial charge in [0.25, 0.3) is 0 Å². The lowest BCUT2D eigenvalue weighted by molar-refractivity contribution is 0.177. The van der Waals surface area contributed by atoms with Crippen LogP contribution >= 0.6 is 11.6 Å². The van der Waals surface area contributed by atoms with Crippen LogP contribution in [0.4, 0.5) is 4.79 Å². The van der Waals surface area contributed by atoms with E-state index >= 15 is 0 Å². The van der Waals surface area contributed by atoms with Crippen LogP contribution in [0, 0.1) is 5.92 Å². The van der Waals surface area contributed by atoms with Gasteiger partial charge in [0.2, 0.25) is 0 Å². The molecule has 2 N–H and O–H groups in total. The van der Waals surface area contributed by atoms with Crippen LogP contribution in [0.5, 0.6) is 0 Å². The summed E-state index contributed by atoms with van der Waals surface area (Å²) in [5.74, 6) is 0.698. The lowest BCUT2D eigenvalue weighted by Crippen LogP contribution is -2.50. The van der Waals surface area contributed by atoms with Crippen molar-refractivity contribution in [2.75, 3.05) is 19.6 Å². The van der Waals surface area contributed by atoms with Gasteiger partial charge in [-0.05, 0) is 43.7 Å². The van der Waals surface area contributed by atoms with Crippen molar-refractivity contribution in [3.63, 3.8) is 0 Å². The van der Waals surface area contributed by atoms with Crippen molar-refractivity contribution in [2.45, 2.75) is 52.1 Å². The van der Waals surface area contributed by atoms with E-state index in [1.807, 2.05) is 31.2 Å². The second kappa shape index (κ2) is 9.28. The first-order valence-corrected chi connectivity index (χ1v) is 9.34. The van der Waals surface area contributed by atoms with Gasteiger partial charge >= 0.3 is 6.03 Å². The van der Waals surface area contributed by atoms with Crippen molar-refractivity contribution in [2.24, 2.45) is 5.92 Å². The lowest BCUT2D eigenvalue weighted by Gasteiger charge is -2.33. The van der Waals surface area contributed by atoms with Crippen molar-refractivity contribution in [1.82, 2.24) is 15.5 Å². The van der Waals surface area contributed by atoms with Crippen molar-refractivity contribution in [1.29, 1.82) is 0 Å². The van der Waals surface area contributed by atoms with Gasteiger partial charge in [0, 0.05) is 36.7 Å². The Hall–Kier alpha value is -1.26. The number of hydrogen-bond acceptors (Lipinski definition) is 2. The third-order valence-corrected chi connectivity index (χ3v) is 4.78. The molecule has 0 saturated carbocycles. The molecule has 0 radical (unpaired) electrons. The molecule has 0 bridgehead atoms. The SMILES string of the molecule is CC(C)CN1CCC(NC(=O)N[C@H](C)Cc2ccccc2Cl)CC1. The van der Waals surface area contributed by atoms with E-state index in [2.05, 4.69) is 29.4 Å². The Balaban J connectivity index is 1.71. The number of piperidine rings is 1. The Morgan fingerprint density at radius 1 is 1.25 bits per heavy atom. The summed E-state index contributed by atoms with van der Waals surface area (Å²) in [6, 6.07) is 8.03. The van der Waals surface area contributed by atoms with Gasteiger partial charge in [-0.25, -0.2) is 4.79 Å². The highest BCUT2D eigenvalue weighted by Gasteiger charge is 2.21. The number of hydrogen-bond donors (Lipinski definition) is 2. The summed E-state index contributed by atoms with van der Waals surface area (Å²) in [5, 5.41) is 6.89. The van der Waals surface area contributed by atoms with Gasteiger partial charge in [0.15, 0.2) is 0 Å². The summed E-state index contributed by atoms with van der Waals surface area (Å²) in [5.41, 5.74) is 1.06. The molecule has 0 aromatic heterocycles. The molecule has 2 amide bonds. The second-order valence-corrected chi connectivity index (χ2v) is 7.69. The van der Waals surface area contributed by atoms with Crippen LogP contribution in [-0.2, 0) is 6.42 Å². The maximum atomic E-state index is 12.2. The quantitative estimate of drug-likeness (QED) is 0.820. The van der Waals surface area contributed by atoms with Crippen molar-refractivity contribution in [3.05, 3.63) is 34.9 Å². The topological polar surface area (TPSA) is 44.4 Å². The highest BCUT2D eigenvalue weighted by molar-refractivity contribution is 6.31. The minimum absolute atomic E-state index is 0.0472. The number of amides is 2. The second-order valence-electron chi connectivity index (χ2n) is 7.28. The maximum Gasteiger partial charge on any atom is 0.315 e. The average Bonchev–Trinajstić information content (AvgIpc) is 2.51. The summed E-state index contributed by atoms with van der Waals surface area (Å²) in [6.45, 7) is 9.79. The third-order valence-electron chi connectivity index (χ3n) is 4.41. The zero-order chi connectivity index (χ0) is 17.5. The molecule has 1 aliphatic heterocycles. The summed E-state index contributed by atoms with van der Waals surface area (Å²) in [6.07, 6.45) is 2.79. The van der Waals surface area contributed by atoms with E-state index in [1.165, 1.54) is 0 Å². The Bertz CT molecular complexity index is 527. The Morgan fingerprint density at radius 2 is 1.92 bits per heavy atom. The lowest BCUT2D eigenvalue weighted by atomic mass is 10.0. The molecule has 0 aliphatic carbocycles. The fraction of sp³-hybridized carbons (Fsp3) is 0.632. The molecule has 1 saturated heterocycles. The van der Waals surface area contributed by atoms with E-state index < -0.39 is 0 Å². The Kier molecular flexibility index (Phi) is 7.38. The van der Waals surface area contributed by atoms with Gasteiger partial charge in [-0.1, -0.05) is 43.6 Å². The number of nitrogens with one attached hydrogen (secondary N) is 2. The van der Waals surface area contributed by atoms with Gasteiger partial charge < -0.3 is 15.5 Å². The van der Waals surface area contributed by atoms with E-state index in [9.17, 15) is 4.79 Å². The highest BCUT2D eigenvalue weighted by atomic mass is 35.5. The van der Waals surface area contributed by atoms with Gasteiger partial charge in [-0.3, -0.25) is 0 Å². The van der Waals surface area contributed by atoms with Gasteiger partial charge in [-0.15, -0.1) is 0 Å². The molecule has 4 nitrogen and oxygen atoms in total. The summed E-state index contributed by atoms with van der Waals surface area (Å²) < 4.78 is 0. The first-order valence-electron chi connectivity index (χ1n) is 8.97. The number of nitrogens with zero attached hydrogens (tertiary/aromatic N) is 1. The molecule has 24 heavy (non-hydrogen) atoms. The van der Waals surface area contributed by atoms with Gasteiger partial charge in [-0.2, -0.15) is 0 Å². The van der Waals surface area contributed by atoms with E-state index in [4.69, 9.17) is 11.6 Å². The summed E-state index contributed by atoms with van der Waals surface area (Å²) >= 11 is 6.18. The zero-order valence-electron chi connectivity index (χ0n) is 15.0. The van der Waals surface area contributed by atoms with Crippen LogP contribution in [0.1, 0.15) is 39.2 Å². The maximum absolute atomic E-state index is 12.2. The fourth-order valence-corrected chi connectivity index (χ4v) is 3.48. The number of halogens is 1. The number of likely N-dealkylation sites (tertiary alicyclic amines) is 1. The van der Waals surface area contributed by atoms with Crippen LogP contribution in [0.25, 0.3) is 0 Å². The van der Waals surface area contributed by atoms with E-state index in [0.717, 1.165) is 49.5 Å². The molecule has 1 aromatic carbocycles. The normalized spacial score (nSPS) is 17.7. The van der Waals surface area contributed by atoms with Crippen molar-refractivity contribution in [3.8, 4) is 0 Å². The zero-order valence-corrected chi connectivity index (χ0v) is 15.8. The minimum atomic E-state index is -0.0723. The molecular weight excluding hydrogens is 322 g/mol. The molecule has 1 aliphatic rings. The molecule has 1 fully saturated rings. The molecule has 2 rings (SSSR count). The van der Waals surface area contributed by atoms with Crippen LogP contribution in [0.15, 0.2) is 24.3 Å². The van der Waals surface area contributed by atoms with E-state index in [1.54, 1.807) is 0 Å². The number of urea groups is 1. The van der Waals surface area contributed by atoms with Crippen LogP contribution in [-0.4, -0.2) is 42.6 Å². The van der Waals surface area contributed by atoms with Gasteiger partial charge in [0.1, 0.15) is 0 Å². The molecular formula is C19H30ClN3O. The predicted molar refractivity (Wildman–Crippen MR) is 101 cm³/mol. The van der Waals surface area contributed by atoms with Crippen LogP contribution in [0.2, 0.25) is 5.02 Å². The molecule has 0 spiro atoms. The molecule has 0 unspecified atom stereocenters. The predicted octanol–water partition coefficient (Wildman–Crippen LogP) is 3.69. The van der Waals surface area contributed by atoms with Crippen molar-refractivity contribution >= 4 is 17.6 Å². The van der Waals surface area contributed by atoms with Gasteiger partial charge in [0.05, 0.1) is 0 Å². The Morgan fingerprint density at radius 3 is 2.54 bits per heavy atom. The first-order chi connectivity index (χ1) is 11.4. The standard InChI is InChI=1S/C19H30ClN3O/c1-14(2)13-23-10-8-17(9-11-23)22-19(24)21-15(3)12-16-6-4-5-7-18(16)20/h4-7,14-15,17H,8-13H2,1-3H3,(H2,21,22,24)/t15-/m1/s1. The summed E-state index contributed by atoms with van der Waals surface area (Å²) in [4.78, 5) is 14.7. The number of benzene rings is 1. The van der Waals surface area contributed by atoms with E-state index in [0.29, 0.717) is 5.92 Å².